The molecule has 6 nitrogen and oxygen atoms in total. The van der Waals surface area contributed by atoms with Crippen LogP contribution in [0.1, 0.15) is 17.7 Å². The standard InChI is InChI=1S/C13H21N3O3S/c1-15(19-3)10-6-7-16(9-10)13-14-8-11(20-13)4-5-12(17)18-2/h8,10H,4-7,9H2,1-3H3/t10-/m0/s1. The van der Waals surface area contributed by atoms with Crippen molar-refractivity contribution in [2.24, 2.45) is 0 Å². The maximum atomic E-state index is 11.1. The number of carbonyl (C=O) groups is 1. The molecule has 1 aliphatic rings. The van der Waals surface area contributed by atoms with Gasteiger partial charge in [0, 0.05) is 31.2 Å². The van der Waals surface area contributed by atoms with Crippen molar-refractivity contribution < 1.29 is 14.4 Å². The molecule has 0 bridgehead atoms. The van der Waals surface area contributed by atoms with Gasteiger partial charge in [0.2, 0.25) is 0 Å². The Kier molecular flexibility index (Phi) is 5.33. The van der Waals surface area contributed by atoms with E-state index in [-0.39, 0.29) is 5.97 Å². The van der Waals surface area contributed by atoms with Crippen LogP contribution in [-0.4, -0.2) is 56.4 Å². The van der Waals surface area contributed by atoms with Crippen molar-refractivity contribution in [2.75, 3.05) is 39.3 Å². The highest BCUT2D eigenvalue weighted by Gasteiger charge is 2.27. The fourth-order valence-corrected chi connectivity index (χ4v) is 3.19. The van der Waals surface area contributed by atoms with E-state index in [0.29, 0.717) is 18.9 Å². The highest BCUT2D eigenvalue weighted by molar-refractivity contribution is 7.15. The monoisotopic (exact) mass is 299 g/mol. The van der Waals surface area contributed by atoms with E-state index in [1.54, 1.807) is 18.4 Å². The fraction of sp³-hybridized carbons (Fsp3) is 0.692. The summed E-state index contributed by atoms with van der Waals surface area (Å²) in [7, 11) is 5.06. The van der Waals surface area contributed by atoms with E-state index in [0.717, 1.165) is 29.5 Å². The van der Waals surface area contributed by atoms with Gasteiger partial charge in [0.05, 0.1) is 26.7 Å². The minimum atomic E-state index is -0.178. The summed E-state index contributed by atoms with van der Waals surface area (Å²) in [4.78, 5) is 24.2. The largest absolute Gasteiger partial charge is 0.469 e. The average molecular weight is 299 g/mol. The van der Waals surface area contributed by atoms with Crippen LogP contribution in [0.3, 0.4) is 0 Å². The molecule has 1 atom stereocenters. The smallest absolute Gasteiger partial charge is 0.305 e. The SMILES string of the molecule is COC(=O)CCc1cnc(N2CC[C@H](N(C)OC)C2)s1. The average Bonchev–Trinajstić information content (AvgIpc) is 3.12. The first-order chi connectivity index (χ1) is 9.63. The molecule has 0 aliphatic carbocycles. The zero-order chi connectivity index (χ0) is 14.5. The molecule has 1 fully saturated rings. The molecule has 20 heavy (non-hydrogen) atoms. The molecule has 0 spiro atoms. The van der Waals surface area contributed by atoms with Crippen molar-refractivity contribution in [2.45, 2.75) is 25.3 Å². The number of rotatable bonds is 6. The Morgan fingerprint density at radius 3 is 3.10 bits per heavy atom. The molecule has 0 unspecified atom stereocenters. The topological polar surface area (TPSA) is 54.9 Å². The maximum absolute atomic E-state index is 11.1. The highest BCUT2D eigenvalue weighted by Crippen LogP contribution is 2.27. The number of hydroxylamine groups is 2. The first-order valence-electron chi connectivity index (χ1n) is 6.67. The van der Waals surface area contributed by atoms with Crippen LogP contribution in [0, 0.1) is 0 Å². The normalized spacial score (nSPS) is 18.8. The number of aryl methyl sites for hydroxylation is 1. The molecule has 1 aromatic heterocycles. The van der Waals surface area contributed by atoms with Gasteiger partial charge < -0.3 is 14.5 Å². The number of anilines is 1. The first-order valence-corrected chi connectivity index (χ1v) is 7.49. The number of methoxy groups -OCH3 is 1. The van der Waals surface area contributed by atoms with Crippen molar-refractivity contribution in [3.63, 3.8) is 0 Å². The molecule has 0 amide bonds. The zero-order valence-corrected chi connectivity index (χ0v) is 13.0. The predicted octanol–water partition coefficient (Wildman–Crippen LogP) is 1.32. The van der Waals surface area contributed by atoms with Gasteiger partial charge in [-0.05, 0) is 12.8 Å². The van der Waals surface area contributed by atoms with Gasteiger partial charge in [0.25, 0.3) is 0 Å². The first kappa shape index (κ1) is 15.2. The molecule has 2 heterocycles. The second-order valence-corrected chi connectivity index (χ2v) is 5.90. The van der Waals surface area contributed by atoms with Gasteiger partial charge in [0.1, 0.15) is 0 Å². The molecule has 1 saturated heterocycles. The minimum Gasteiger partial charge on any atom is -0.469 e. The van der Waals surface area contributed by atoms with E-state index in [1.807, 2.05) is 18.3 Å². The molecular formula is C13H21N3O3S. The third kappa shape index (κ3) is 3.68. The van der Waals surface area contributed by atoms with Gasteiger partial charge >= 0.3 is 5.97 Å². The molecule has 1 aromatic rings. The number of nitrogens with zero attached hydrogens (tertiary/aromatic N) is 3. The Labute approximate surface area is 123 Å². The summed E-state index contributed by atoms with van der Waals surface area (Å²) < 4.78 is 4.65. The van der Waals surface area contributed by atoms with E-state index >= 15 is 0 Å². The number of aromatic nitrogens is 1. The van der Waals surface area contributed by atoms with Crippen molar-refractivity contribution >= 4 is 22.4 Å². The molecule has 0 saturated carbocycles. The van der Waals surface area contributed by atoms with E-state index in [4.69, 9.17) is 4.84 Å². The van der Waals surface area contributed by atoms with E-state index in [1.165, 1.54) is 7.11 Å². The number of likely N-dealkylation sites (N-methyl/N-ethyl adjacent to an activating group) is 1. The number of hydrogen-bond acceptors (Lipinski definition) is 7. The van der Waals surface area contributed by atoms with Crippen LogP contribution >= 0.6 is 11.3 Å². The Morgan fingerprint density at radius 1 is 1.60 bits per heavy atom. The van der Waals surface area contributed by atoms with Crippen molar-refractivity contribution in [3.05, 3.63) is 11.1 Å². The number of hydrogen-bond donors (Lipinski definition) is 0. The van der Waals surface area contributed by atoms with Crippen molar-refractivity contribution in [1.82, 2.24) is 10.0 Å². The number of ether oxygens (including phenoxy) is 1. The van der Waals surface area contributed by atoms with Crippen LogP contribution in [0.25, 0.3) is 0 Å². The van der Waals surface area contributed by atoms with Crippen LogP contribution in [0.2, 0.25) is 0 Å². The lowest BCUT2D eigenvalue weighted by Crippen LogP contribution is -2.33. The number of thiazole rings is 1. The Hall–Kier alpha value is -1.18. The summed E-state index contributed by atoms with van der Waals surface area (Å²) in [6, 6.07) is 0.405. The molecule has 7 heteroatoms. The van der Waals surface area contributed by atoms with E-state index in [9.17, 15) is 4.79 Å². The van der Waals surface area contributed by atoms with Crippen LogP contribution < -0.4 is 4.90 Å². The zero-order valence-electron chi connectivity index (χ0n) is 12.2. The predicted molar refractivity (Wildman–Crippen MR) is 77.8 cm³/mol. The third-order valence-electron chi connectivity index (χ3n) is 3.58. The summed E-state index contributed by atoms with van der Waals surface area (Å²) >= 11 is 1.65. The quantitative estimate of drug-likeness (QED) is 0.583. The van der Waals surface area contributed by atoms with Crippen LogP contribution in [0.15, 0.2) is 6.20 Å². The van der Waals surface area contributed by atoms with Gasteiger partial charge in [-0.1, -0.05) is 0 Å². The van der Waals surface area contributed by atoms with Gasteiger partial charge in [-0.3, -0.25) is 4.79 Å². The Bertz CT molecular complexity index is 452. The summed E-state index contributed by atoms with van der Waals surface area (Å²) in [5.74, 6) is -0.178. The van der Waals surface area contributed by atoms with Crippen molar-refractivity contribution in [1.29, 1.82) is 0 Å². The highest BCUT2D eigenvalue weighted by atomic mass is 32.1. The van der Waals surface area contributed by atoms with Crippen LogP contribution in [0.4, 0.5) is 5.13 Å². The molecule has 0 aromatic carbocycles. The summed E-state index contributed by atoms with van der Waals surface area (Å²) in [6.45, 7) is 1.91. The minimum absolute atomic E-state index is 0.178. The van der Waals surface area contributed by atoms with E-state index in [2.05, 4.69) is 14.6 Å². The van der Waals surface area contributed by atoms with Gasteiger partial charge in [-0.25, -0.2) is 4.98 Å². The van der Waals surface area contributed by atoms with Crippen LogP contribution in [0.5, 0.6) is 0 Å². The van der Waals surface area contributed by atoms with Crippen molar-refractivity contribution in [3.8, 4) is 0 Å². The molecule has 2 rings (SSSR count). The molecule has 112 valence electrons. The Morgan fingerprint density at radius 2 is 2.40 bits per heavy atom. The van der Waals surface area contributed by atoms with Gasteiger partial charge in [-0.15, -0.1) is 11.3 Å². The fourth-order valence-electron chi connectivity index (χ4n) is 2.25. The lowest BCUT2D eigenvalue weighted by molar-refractivity contribution is -0.140. The second-order valence-electron chi connectivity index (χ2n) is 4.80. The molecule has 0 radical (unpaired) electrons. The molecular weight excluding hydrogens is 278 g/mol. The summed E-state index contributed by atoms with van der Waals surface area (Å²) in [6.07, 6.45) is 4.03. The number of carbonyl (C=O) groups excluding carboxylic acids is 1. The number of esters is 1. The van der Waals surface area contributed by atoms with Gasteiger partial charge in [0.15, 0.2) is 5.13 Å². The second kappa shape index (κ2) is 7.01. The van der Waals surface area contributed by atoms with E-state index < -0.39 is 0 Å². The Balaban J connectivity index is 1.88. The lowest BCUT2D eigenvalue weighted by atomic mass is 10.3. The van der Waals surface area contributed by atoms with Crippen LogP contribution in [-0.2, 0) is 20.8 Å². The maximum Gasteiger partial charge on any atom is 0.305 e. The summed E-state index contributed by atoms with van der Waals surface area (Å²) in [5.41, 5.74) is 0. The third-order valence-corrected chi connectivity index (χ3v) is 4.70. The van der Waals surface area contributed by atoms with Gasteiger partial charge in [-0.2, -0.15) is 5.06 Å². The summed E-state index contributed by atoms with van der Waals surface area (Å²) in [5, 5.41) is 2.92. The molecule has 1 aliphatic heterocycles. The molecule has 0 N–H and O–H groups in total. The lowest BCUT2D eigenvalue weighted by Gasteiger charge is -2.21.